The third-order valence-corrected chi connectivity index (χ3v) is 4.56. The van der Waals surface area contributed by atoms with Crippen LogP contribution in [0.25, 0.3) is 0 Å². The van der Waals surface area contributed by atoms with E-state index in [1.165, 1.54) is 25.7 Å². The lowest BCUT2D eigenvalue weighted by molar-refractivity contribution is 0.440. The van der Waals surface area contributed by atoms with E-state index < -0.39 is 0 Å². The van der Waals surface area contributed by atoms with Crippen molar-refractivity contribution < 1.29 is 0 Å². The second-order valence-corrected chi connectivity index (χ2v) is 5.89. The van der Waals surface area contributed by atoms with E-state index in [9.17, 15) is 0 Å². The van der Waals surface area contributed by atoms with Crippen LogP contribution in [-0.4, -0.2) is 6.04 Å². The second kappa shape index (κ2) is 4.12. The molecule has 1 aromatic carbocycles. The van der Waals surface area contributed by atoms with Crippen LogP contribution in [-0.2, 0) is 0 Å². The first-order chi connectivity index (χ1) is 7.72. The molecule has 0 amide bonds. The number of benzene rings is 1. The molecule has 0 spiro atoms. The summed E-state index contributed by atoms with van der Waals surface area (Å²) in [4.78, 5) is 0. The van der Waals surface area contributed by atoms with Crippen LogP contribution >= 0.6 is 23.2 Å². The Balaban J connectivity index is 1.74. The van der Waals surface area contributed by atoms with Crippen molar-refractivity contribution in [2.24, 2.45) is 11.8 Å². The van der Waals surface area contributed by atoms with Crippen LogP contribution in [0.2, 0.25) is 10.0 Å². The third kappa shape index (κ3) is 1.91. The predicted molar refractivity (Wildman–Crippen MR) is 69.3 cm³/mol. The average Bonchev–Trinajstić information content (AvgIpc) is 2.84. The van der Waals surface area contributed by atoms with E-state index in [1.54, 1.807) is 6.07 Å². The number of halogens is 2. The van der Waals surface area contributed by atoms with Crippen LogP contribution in [0.15, 0.2) is 18.2 Å². The van der Waals surface area contributed by atoms with Gasteiger partial charge in [-0.1, -0.05) is 29.6 Å². The van der Waals surface area contributed by atoms with Gasteiger partial charge in [0.25, 0.3) is 0 Å². The smallest absolute Gasteiger partial charge is 0.0652 e. The number of anilines is 1. The summed E-state index contributed by atoms with van der Waals surface area (Å²) in [7, 11) is 0. The van der Waals surface area contributed by atoms with Gasteiger partial charge in [0.1, 0.15) is 0 Å². The maximum absolute atomic E-state index is 6.16. The minimum atomic E-state index is 0.623. The Morgan fingerprint density at radius 1 is 1.12 bits per heavy atom. The van der Waals surface area contributed by atoms with Crippen molar-refractivity contribution in [2.75, 3.05) is 5.32 Å². The molecule has 86 valence electrons. The lowest BCUT2D eigenvalue weighted by atomic mass is 9.95. The van der Waals surface area contributed by atoms with Gasteiger partial charge in [0.05, 0.1) is 10.7 Å². The van der Waals surface area contributed by atoms with Gasteiger partial charge in [-0.15, -0.1) is 0 Å². The minimum Gasteiger partial charge on any atom is -0.381 e. The van der Waals surface area contributed by atoms with E-state index >= 15 is 0 Å². The Morgan fingerprint density at radius 2 is 2.00 bits per heavy atom. The molecule has 2 bridgehead atoms. The summed E-state index contributed by atoms with van der Waals surface area (Å²) < 4.78 is 0. The Bertz CT molecular complexity index is 405. The molecular weight excluding hydrogens is 241 g/mol. The van der Waals surface area contributed by atoms with Gasteiger partial charge in [-0.3, -0.25) is 0 Å². The lowest BCUT2D eigenvalue weighted by Gasteiger charge is -2.24. The summed E-state index contributed by atoms with van der Waals surface area (Å²) in [6, 6.07) is 6.30. The van der Waals surface area contributed by atoms with Crippen molar-refractivity contribution >= 4 is 28.9 Å². The second-order valence-electron chi connectivity index (χ2n) is 5.05. The van der Waals surface area contributed by atoms with Crippen molar-refractivity contribution in [1.82, 2.24) is 0 Å². The van der Waals surface area contributed by atoms with Crippen molar-refractivity contribution in [1.29, 1.82) is 0 Å². The molecule has 3 rings (SSSR count). The van der Waals surface area contributed by atoms with Crippen LogP contribution in [0.5, 0.6) is 0 Å². The maximum atomic E-state index is 6.16. The monoisotopic (exact) mass is 255 g/mol. The Morgan fingerprint density at radius 3 is 2.62 bits per heavy atom. The normalized spacial score (nSPS) is 32.0. The molecule has 1 N–H and O–H groups in total. The van der Waals surface area contributed by atoms with Gasteiger partial charge in [-0.05, 0) is 49.3 Å². The number of rotatable bonds is 2. The van der Waals surface area contributed by atoms with Crippen LogP contribution in [0.4, 0.5) is 5.69 Å². The lowest BCUT2D eigenvalue weighted by Crippen LogP contribution is -2.25. The highest BCUT2D eigenvalue weighted by Gasteiger charge is 2.39. The maximum Gasteiger partial charge on any atom is 0.0652 e. The van der Waals surface area contributed by atoms with E-state index in [0.29, 0.717) is 11.1 Å². The van der Waals surface area contributed by atoms with Crippen LogP contribution in [0.1, 0.15) is 25.7 Å². The summed E-state index contributed by atoms with van der Waals surface area (Å²) in [6.45, 7) is 0. The van der Waals surface area contributed by atoms with Gasteiger partial charge in [-0.2, -0.15) is 0 Å². The van der Waals surface area contributed by atoms with Gasteiger partial charge < -0.3 is 5.32 Å². The molecule has 3 heteroatoms. The highest BCUT2D eigenvalue weighted by Crippen LogP contribution is 2.46. The molecule has 0 aliphatic heterocycles. The fraction of sp³-hybridized carbons (Fsp3) is 0.538. The SMILES string of the molecule is Clc1ccc(NC2C[C@@H]3CC[C@H]2C3)c(Cl)c1. The summed E-state index contributed by atoms with van der Waals surface area (Å²) in [5.74, 6) is 1.81. The standard InChI is InChI=1S/C13H15Cl2N/c14-10-3-4-12(11(15)7-10)16-13-6-8-1-2-9(13)5-8/h3-4,7-9,13,16H,1-2,5-6H2/t8-,9+,13?/m1/s1. The predicted octanol–water partition coefficient (Wildman–Crippen LogP) is 4.59. The quantitative estimate of drug-likeness (QED) is 0.815. The first-order valence-electron chi connectivity index (χ1n) is 5.94. The zero-order valence-electron chi connectivity index (χ0n) is 9.05. The Labute approximate surface area is 106 Å². The topological polar surface area (TPSA) is 12.0 Å². The molecule has 3 atom stereocenters. The van der Waals surface area contributed by atoms with E-state index in [-0.39, 0.29) is 0 Å². The fourth-order valence-electron chi connectivity index (χ4n) is 3.23. The Hall–Kier alpha value is -0.400. The number of fused-ring (bicyclic) bond motifs is 2. The highest BCUT2D eigenvalue weighted by molar-refractivity contribution is 6.36. The molecule has 2 saturated carbocycles. The molecule has 2 aliphatic rings. The van der Waals surface area contributed by atoms with E-state index in [1.807, 2.05) is 12.1 Å². The summed E-state index contributed by atoms with van der Waals surface area (Å²) >= 11 is 12.0. The molecular formula is C13H15Cl2N. The summed E-state index contributed by atoms with van der Waals surface area (Å²) in [6.07, 6.45) is 5.53. The zero-order chi connectivity index (χ0) is 11.1. The van der Waals surface area contributed by atoms with Gasteiger partial charge in [0, 0.05) is 11.1 Å². The molecule has 0 heterocycles. The minimum absolute atomic E-state index is 0.623. The van der Waals surface area contributed by atoms with Crippen LogP contribution in [0.3, 0.4) is 0 Å². The van der Waals surface area contributed by atoms with Crippen molar-refractivity contribution in [3.05, 3.63) is 28.2 Å². The largest absolute Gasteiger partial charge is 0.381 e. The molecule has 1 nitrogen and oxygen atoms in total. The first kappa shape index (κ1) is 10.7. The van der Waals surface area contributed by atoms with Gasteiger partial charge in [0.15, 0.2) is 0 Å². The van der Waals surface area contributed by atoms with Crippen LogP contribution in [0, 0.1) is 11.8 Å². The highest BCUT2D eigenvalue weighted by atomic mass is 35.5. The molecule has 2 aliphatic carbocycles. The van der Waals surface area contributed by atoms with E-state index in [4.69, 9.17) is 23.2 Å². The molecule has 0 radical (unpaired) electrons. The Kier molecular flexibility index (Phi) is 2.76. The number of hydrogen-bond acceptors (Lipinski definition) is 1. The molecule has 0 saturated heterocycles. The van der Waals surface area contributed by atoms with Crippen molar-refractivity contribution in [2.45, 2.75) is 31.7 Å². The average molecular weight is 256 g/mol. The molecule has 1 unspecified atom stereocenters. The van der Waals surface area contributed by atoms with Gasteiger partial charge >= 0.3 is 0 Å². The van der Waals surface area contributed by atoms with Crippen LogP contribution < -0.4 is 5.32 Å². The van der Waals surface area contributed by atoms with Gasteiger partial charge in [0.2, 0.25) is 0 Å². The van der Waals surface area contributed by atoms with Crippen molar-refractivity contribution in [3.8, 4) is 0 Å². The summed E-state index contributed by atoms with van der Waals surface area (Å²) in [5.41, 5.74) is 1.03. The van der Waals surface area contributed by atoms with Crippen molar-refractivity contribution in [3.63, 3.8) is 0 Å². The molecule has 0 aromatic heterocycles. The van der Waals surface area contributed by atoms with E-state index in [2.05, 4.69) is 5.32 Å². The molecule has 2 fully saturated rings. The third-order valence-electron chi connectivity index (χ3n) is 4.01. The fourth-order valence-corrected chi connectivity index (χ4v) is 3.69. The van der Waals surface area contributed by atoms with E-state index in [0.717, 1.165) is 22.5 Å². The zero-order valence-corrected chi connectivity index (χ0v) is 10.6. The number of nitrogens with one attached hydrogen (secondary N) is 1. The number of hydrogen-bond donors (Lipinski definition) is 1. The molecule has 16 heavy (non-hydrogen) atoms. The molecule has 1 aromatic rings. The first-order valence-corrected chi connectivity index (χ1v) is 6.69. The van der Waals surface area contributed by atoms with Gasteiger partial charge in [-0.25, -0.2) is 0 Å². The summed E-state index contributed by atoms with van der Waals surface area (Å²) in [5, 5.41) is 5.01.